The van der Waals surface area contributed by atoms with Crippen molar-refractivity contribution >= 4 is 17.5 Å². The number of anilines is 1. The van der Waals surface area contributed by atoms with Crippen LogP contribution in [0.15, 0.2) is 60.8 Å². The minimum Gasteiger partial charge on any atom is -0.497 e. The highest BCUT2D eigenvalue weighted by atomic mass is 16.5. The maximum Gasteiger partial charge on any atom is 0.260 e. The normalized spacial score (nSPS) is 15.2. The van der Waals surface area contributed by atoms with Crippen LogP contribution in [-0.4, -0.2) is 53.5 Å². The number of carbonyl (C=O) groups excluding carboxylic acids is 2. The molecule has 2 heterocycles. The van der Waals surface area contributed by atoms with Gasteiger partial charge >= 0.3 is 0 Å². The lowest BCUT2D eigenvalue weighted by atomic mass is 10.1. The number of methoxy groups -OCH3 is 1. The molecule has 0 saturated carbocycles. The quantitative estimate of drug-likeness (QED) is 0.598. The summed E-state index contributed by atoms with van der Waals surface area (Å²) in [6.45, 7) is 2.96. The van der Waals surface area contributed by atoms with E-state index in [4.69, 9.17) is 9.47 Å². The van der Waals surface area contributed by atoms with Crippen molar-refractivity contribution in [1.29, 1.82) is 0 Å². The van der Waals surface area contributed by atoms with Crippen LogP contribution < -0.4 is 14.8 Å². The van der Waals surface area contributed by atoms with Gasteiger partial charge in [-0.05, 0) is 49.7 Å². The largest absolute Gasteiger partial charge is 0.497 e. The van der Waals surface area contributed by atoms with E-state index in [1.807, 2.05) is 30.3 Å². The molecule has 0 radical (unpaired) electrons. The van der Waals surface area contributed by atoms with E-state index in [-0.39, 0.29) is 24.3 Å². The fourth-order valence-electron chi connectivity index (χ4n) is 3.73. The van der Waals surface area contributed by atoms with Gasteiger partial charge < -0.3 is 19.7 Å². The van der Waals surface area contributed by atoms with E-state index in [0.29, 0.717) is 47.4 Å². The number of nitrogens with zero attached hydrogens (tertiary/aromatic N) is 3. The number of aromatic nitrogens is 2. The van der Waals surface area contributed by atoms with Crippen molar-refractivity contribution < 1.29 is 19.1 Å². The zero-order valence-corrected chi connectivity index (χ0v) is 18.7. The van der Waals surface area contributed by atoms with Crippen LogP contribution in [0.2, 0.25) is 0 Å². The van der Waals surface area contributed by atoms with Crippen LogP contribution in [0.25, 0.3) is 0 Å². The molecule has 1 saturated heterocycles. The van der Waals surface area contributed by atoms with E-state index < -0.39 is 0 Å². The third-order valence-corrected chi connectivity index (χ3v) is 5.60. The zero-order valence-electron chi connectivity index (χ0n) is 18.7. The lowest BCUT2D eigenvalue weighted by Crippen LogP contribution is -2.33. The molecular weight excluding hydrogens is 420 g/mol. The Labute approximate surface area is 192 Å². The summed E-state index contributed by atoms with van der Waals surface area (Å²) in [6, 6.07) is 16.4. The van der Waals surface area contributed by atoms with Gasteiger partial charge in [-0.15, -0.1) is 0 Å². The molecule has 1 unspecified atom stereocenters. The lowest BCUT2D eigenvalue weighted by molar-refractivity contribution is -0.132. The van der Waals surface area contributed by atoms with Gasteiger partial charge in [-0.2, -0.15) is 0 Å². The topological polar surface area (TPSA) is 93.7 Å². The minimum absolute atomic E-state index is 0.00108. The minimum atomic E-state index is -0.273. The Morgan fingerprint density at radius 3 is 2.55 bits per heavy atom. The van der Waals surface area contributed by atoms with Crippen molar-refractivity contribution in [2.75, 3.05) is 32.1 Å². The molecule has 8 heteroatoms. The average molecular weight is 447 g/mol. The summed E-state index contributed by atoms with van der Waals surface area (Å²) in [6.07, 6.45) is 2.33. The lowest BCUT2D eigenvalue weighted by Gasteiger charge is -2.17. The van der Waals surface area contributed by atoms with Gasteiger partial charge in [-0.25, -0.2) is 9.97 Å². The maximum absolute atomic E-state index is 12.7. The predicted molar refractivity (Wildman–Crippen MR) is 124 cm³/mol. The first-order valence-electron chi connectivity index (χ1n) is 10.8. The average Bonchev–Trinajstić information content (AvgIpc) is 3.34. The summed E-state index contributed by atoms with van der Waals surface area (Å²) in [5.41, 5.74) is 1.67. The number of ether oxygens (including phenoxy) is 2. The van der Waals surface area contributed by atoms with Crippen molar-refractivity contribution in [3.05, 3.63) is 77.9 Å². The van der Waals surface area contributed by atoms with Gasteiger partial charge in [0.2, 0.25) is 0 Å². The molecule has 1 N–H and O–H groups in total. The number of benzene rings is 2. The molecule has 1 aliphatic rings. The SMILES string of the molecule is COc1ccc(NC(=O)c2cnc(C3CCN(C(=O)COc4ccccc4)C3)nc2C)cc1. The Bertz CT molecular complexity index is 1120. The van der Waals surface area contributed by atoms with E-state index >= 15 is 0 Å². The highest BCUT2D eigenvalue weighted by Crippen LogP contribution is 2.25. The van der Waals surface area contributed by atoms with Crippen LogP contribution in [0.5, 0.6) is 11.5 Å². The van der Waals surface area contributed by atoms with Crippen LogP contribution in [0.4, 0.5) is 5.69 Å². The van der Waals surface area contributed by atoms with Crippen LogP contribution in [0, 0.1) is 6.92 Å². The number of hydrogen-bond donors (Lipinski definition) is 1. The molecule has 33 heavy (non-hydrogen) atoms. The second kappa shape index (κ2) is 10.1. The van der Waals surface area contributed by atoms with E-state index in [9.17, 15) is 9.59 Å². The summed E-state index contributed by atoms with van der Waals surface area (Å²) in [5, 5.41) is 2.85. The van der Waals surface area contributed by atoms with Crippen molar-refractivity contribution in [3.63, 3.8) is 0 Å². The molecule has 1 fully saturated rings. The fraction of sp³-hybridized carbons (Fsp3) is 0.280. The van der Waals surface area contributed by atoms with Crippen LogP contribution in [0.1, 0.15) is 34.2 Å². The highest BCUT2D eigenvalue weighted by Gasteiger charge is 2.29. The fourth-order valence-corrected chi connectivity index (χ4v) is 3.73. The number of rotatable bonds is 7. The van der Waals surface area contributed by atoms with Crippen LogP contribution in [0.3, 0.4) is 0 Å². The first kappa shape index (κ1) is 22.3. The van der Waals surface area contributed by atoms with Crippen LogP contribution in [-0.2, 0) is 4.79 Å². The van der Waals surface area contributed by atoms with Gasteiger partial charge in [-0.3, -0.25) is 9.59 Å². The number of aryl methyl sites for hydroxylation is 1. The number of hydrogen-bond acceptors (Lipinski definition) is 6. The Kier molecular flexibility index (Phi) is 6.83. The smallest absolute Gasteiger partial charge is 0.260 e. The van der Waals surface area contributed by atoms with Gasteiger partial charge in [0.25, 0.3) is 11.8 Å². The highest BCUT2D eigenvalue weighted by molar-refractivity contribution is 6.04. The molecule has 2 aromatic carbocycles. The monoisotopic (exact) mass is 446 g/mol. The van der Waals surface area contributed by atoms with Crippen molar-refractivity contribution in [2.24, 2.45) is 0 Å². The van der Waals surface area contributed by atoms with E-state index in [1.165, 1.54) is 0 Å². The molecule has 0 spiro atoms. The summed E-state index contributed by atoms with van der Waals surface area (Å²) in [4.78, 5) is 36.0. The van der Waals surface area contributed by atoms with Crippen molar-refractivity contribution in [3.8, 4) is 11.5 Å². The molecule has 3 aromatic rings. The van der Waals surface area contributed by atoms with Gasteiger partial charge in [0.15, 0.2) is 6.61 Å². The standard InChI is InChI=1S/C25H26N4O4/c1-17-22(25(31)28-19-8-10-20(32-2)11-9-19)14-26-24(27-17)18-12-13-29(15-18)23(30)16-33-21-6-4-3-5-7-21/h3-11,14,18H,12-13,15-16H2,1-2H3,(H,28,31). The van der Waals surface area contributed by atoms with Crippen molar-refractivity contribution in [1.82, 2.24) is 14.9 Å². The second-order valence-electron chi connectivity index (χ2n) is 7.84. The third-order valence-electron chi connectivity index (χ3n) is 5.60. The summed E-state index contributed by atoms with van der Waals surface area (Å²) < 4.78 is 10.7. The Morgan fingerprint density at radius 2 is 1.85 bits per heavy atom. The van der Waals surface area contributed by atoms with Gasteiger partial charge in [0.05, 0.1) is 18.4 Å². The maximum atomic E-state index is 12.7. The third kappa shape index (κ3) is 5.46. The van der Waals surface area contributed by atoms with E-state index in [1.54, 1.807) is 49.4 Å². The molecule has 2 amide bonds. The molecule has 170 valence electrons. The van der Waals surface area contributed by atoms with Crippen LogP contribution >= 0.6 is 0 Å². The van der Waals surface area contributed by atoms with E-state index in [0.717, 1.165) is 6.42 Å². The Hall–Kier alpha value is -3.94. The molecule has 0 aliphatic carbocycles. The molecule has 1 aliphatic heterocycles. The number of para-hydroxylation sites is 1. The number of likely N-dealkylation sites (tertiary alicyclic amines) is 1. The summed E-state index contributed by atoms with van der Waals surface area (Å²) in [7, 11) is 1.59. The first-order valence-corrected chi connectivity index (χ1v) is 10.8. The van der Waals surface area contributed by atoms with Gasteiger partial charge in [0.1, 0.15) is 17.3 Å². The summed E-state index contributed by atoms with van der Waals surface area (Å²) >= 11 is 0. The summed E-state index contributed by atoms with van der Waals surface area (Å²) in [5.74, 6) is 1.73. The number of carbonyl (C=O) groups is 2. The zero-order chi connectivity index (χ0) is 23.2. The molecule has 0 bridgehead atoms. The predicted octanol–water partition coefficient (Wildman–Crippen LogP) is 3.44. The Balaban J connectivity index is 1.34. The second-order valence-corrected chi connectivity index (χ2v) is 7.84. The number of nitrogens with one attached hydrogen (secondary N) is 1. The molecule has 8 nitrogen and oxygen atoms in total. The van der Waals surface area contributed by atoms with Gasteiger partial charge in [-0.1, -0.05) is 18.2 Å². The molecule has 1 aromatic heterocycles. The van der Waals surface area contributed by atoms with Gasteiger partial charge in [0, 0.05) is 30.9 Å². The van der Waals surface area contributed by atoms with E-state index in [2.05, 4.69) is 15.3 Å². The molecular formula is C25H26N4O4. The number of amides is 2. The molecule has 1 atom stereocenters. The van der Waals surface area contributed by atoms with Crippen molar-refractivity contribution in [2.45, 2.75) is 19.3 Å². The Morgan fingerprint density at radius 1 is 1.09 bits per heavy atom. The molecule has 4 rings (SSSR count). The first-order chi connectivity index (χ1) is 16.0.